The van der Waals surface area contributed by atoms with Crippen molar-refractivity contribution in [2.45, 2.75) is 13.1 Å². The number of benzene rings is 3. The lowest BCUT2D eigenvalue weighted by molar-refractivity contribution is -0.159. The summed E-state index contributed by atoms with van der Waals surface area (Å²) in [4.78, 5) is 26.8. The van der Waals surface area contributed by atoms with Crippen molar-refractivity contribution in [3.05, 3.63) is 84.1 Å². The van der Waals surface area contributed by atoms with Crippen molar-refractivity contribution in [2.75, 3.05) is 26.2 Å². The summed E-state index contributed by atoms with van der Waals surface area (Å²) in [7, 11) is 0. The minimum atomic E-state index is -1.82. The number of hydrogen-bond donors (Lipinski definition) is 3. The van der Waals surface area contributed by atoms with Crippen LogP contribution in [0, 0.1) is 0 Å². The van der Waals surface area contributed by atoms with Gasteiger partial charge in [0.25, 0.3) is 0 Å². The molecule has 3 N–H and O–H groups in total. The van der Waals surface area contributed by atoms with E-state index >= 15 is 0 Å². The largest absolute Gasteiger partial charge is 0.473 e. The van der Waals surface area contributed by atoms with Gasteiger partial charge >= 0.3 is 11.9 Å². The number of aliphatic carboxylic acids is 2. The Bertz CT molecular complexity index is 1250. The van der Waals surface area contributed by atoms with Crippen LogP contribution in [0.5, 0.6) is 0 Å². The van der Waals surface area contributed by atoms with Crippen molar-refractivity contribution >= 4 is 33.6 Å². The average Bonchev–Trinajstić information content (AvgIpc) is 3.23. The molecule has 0 saturated carbocycles. The van der Waals surface area contributed by atoms with E-state index in [1.165, 1.54) is 32.8 Å². The van der Waals surface area contributed by atoms with Crippen LogP contribution in [-0.4, -0.2) is 63.1 Å². The van der Waals surface area contributed by atoms with Crippen LogP contribution in [-0.2, 0) is 22.7 Å². The van der Waals surface area contributed by atoms with Gasteiger partial charge in [-0.05, 0) is 34.0 Å². The van der Waals surface area contributed by atoms with Crippen molar-refractivity contribution in [1.29, 1.82) is 0 Å². The molecule has 170 valence electrons. The van der Waals surface area contributed by atoms with Crippen molar-refractivity contribution in [2.24, 2.45) is 0 Å². The SMILES string of the molecule is O=C(O)C(=O)O.c1ccc2cc(CN3CCN(Cc4c[nH]c5ccccc45)CC3)ccc2c1. The van der Waals surface area contributed by atoms with E-state index in [2.05, 4.69) is 87.7 Å². The van der Waals surface area contributed by atoms with Crippen molar-refractivity contribution in [3.8, 4) is 0 Å². The van der Waals surface area contributed by atoms with Gasteiger partial charge in [0.05, 0.1) is 0 Å². The molecule has 33 heavy (non-hydrogen) atoms. The van der Waals surface area contributed by atoms with Gasteiger partial charge in [0.15, 0.2) is 0 Å². The summed E-state index contributed by atoms with van der Waals surface area (Å²) >= 11 is 0. The van der Waals surface area contributed by atoms with E-state index < -0.39 is 11.9 Å². The molecule has 0 unspecified atom stereocenters. The van der Waals surface area contributed by atoms with Crippen LogP contribution in [0.25, 0.3) is 21.7 Å². The molecule has 0 atom stereocenters. The van der Waals surface area contributed by atoms with Crippen molar-refractivity contribution < 1.29 is 19.8 Å². The van der Waals surface area contributed by atoms with E-state index in [9.17, 15) is 0 Å². The fourth-order valence-electron chi connectivity index (χ4n) is 4.20. The Morgan fingerprint density at radius 2 is 1.36 bits per heavy atom. The van der Waals surface area contributed by atoms with Gasteiger partial charge in [-0.15, -0.1) is 0 Å². The zero-order valence-corrected chi connectivity index (χ0v) is 18.3. The number of H-pyrrole nitrogens is 1. The number of aromatic amines is 1. The maximum Gasteiger partial charge on any atom is 0.414 e. The van der Waals surface area contributed by atoms with E-state index in [0.29, 0.717) is 0 Å². The van der Waals surface area contributed by atoms with Crippen LogP contribution in [0.2, 0.25) is 0 Å². The molecule has 7 nitrogen and oxygen atoms in total. The molecule has 0 spiro atoms. The third kappa shape index (κ3) is 5.77. The Morgan fingerprint density at radius 1 is 0.758 bits per heavy atom. The zero-order chi connectivity index (χ0) is 23.2. The minimum absolute atomic E-state index is 1.04. The van der Waals surface area contributed by atoms with Gasteiger partial charge in [0.1, 0.15) is 0 Å². The number of nitrogens with zero attached hydrogens (tertiary/aromatic N) is 2. The fraction of sp³-hybridized carbons (Fsp3) is 0.231. The van der Waals surface area contributed by atoms with Crippen LogP contribution in [0.3, 0.4) is 0 Å². The number of carbonyl (C=O) groups is 2. The lowest BCUT2D eigenvalue weighted by Gasteiger charge is -2.34. The van der Waals surface area contributed by atoms with E-state index in [1.807, 2.05) is 0 Å². The fourth-order valence-corrected chi connectivity index (χ4v) is 4.20. The van der Waals surface area contributed by atoms with Crippen molar-refractivity contribution in [1.82, 2.24) is 14.8 Å². The van der Waals surface area contributed by atoms with E-state index in [0.717, 1.165) is 39.3 Å². The molecule has 3 aromatic carbocycles. The molecule has 0 bridgehead atoms. The van der Waals surface area contributed by atoms with Gasteiger partial charge in [-0.25, -0.2) is 9.59 Å². The summed E-state index contributed by atoms with van der Waals surface area (Å²) in [6, 6.07) is 24.1. The summed E-state index contributed by atoms with van der Waals surface area (Å²) < 4.78 is 0. The summed E-state index contributed by atoms with van der Waals surface area (Å²) in [5.74, 6) is -3.65. The quantitative estimate of drug-likeness (QED) is 0.414. The Kier molecular flexibility index (Phi) is 7.02. The third-order valence-electron chi connectivity index (χ3n) is 5.94. The Morgan fingerprint density at radius 3 is 2.06 bits per heavy atom. The molecule has 5 rings (SSSR count). The van der Waals surface area contributed by atoms with Gasteiger partial charge in [0.2, 0.25) is 0 Å². The molecule has 1 fully saturated rings. The highest BCUT2D eigenvalue weighted by Gasteiger charge is 2.18. The molecule has 0 radical (unpaired) electrons. The van der Waals surface area contributed by atoms with Crippen LogP contribution in [0.15, 0.2) is 72.9 Å². The van der Waals surface area contributed by atoms with Crippen LogP contribution in [0.1, 0.15) is 11.1 Å². The average molecular weight is 446 g/mol. The first-order chi connectivity index (χ1) is 16.0. The predicted molar refractivity (Wildman–Crippen MR) is 128 cm³/mol. The van der Waals surface area contributed by atoms with Crippen LogP contribution >= 0.6 is 0 Å². The topological polar surface area (TPSA) is 96.9 Å². The molecule has 0 amide bonds. The first-order valence-electron chi connectivity index (χ1n) is 10.9. The summed E-state index contributed by atoms with van der Waals surface area (Å²) in [6.07, 6.45) is 2.17. The van der Waals surface area contributed by atoms with Gasteiger partial charge in [-0.2, -0.15) is 0 Å². The monoisotopic (exact) mass is 445 g/mol. The van der Waals surface area contributed by atoms with E-state index in [4.69, 9.17) is 19.8 Å². The van der Waals surface area contributed by atoms with Crippen LogP contribution in [0.4, 0.5) is 0 Å². The molecule has 1 aromatic heterocycles. The van der Waals surface area contributed by atoms with E-state index in [1.54, 1.807) is 0 Å². The second-order valence-electron chi connectivity index (χ2n) is 8.20. The maximum atomic E-state index is 9.10. The lowest BCUT2D eigenvalue weighted by Crippen LogP contribution is -2.45. The minimum Gasteiger partial charge on any atom is -0.473 e. The van der Waals surface area contributed by atoms with Gasteiger partial charge < -0.3 is 15.2 Å². The number of piperazine rings is 1. The first kappa shape index (κ1) is 22.5. The van der Waals surface area contributed by atoms with Crippen molar-refractivity contribution in [3.63, 3.8) is 0 Å². The van der Waals surface area contributed by atoms with Gasteiger partial charge in [-0.3, -0.25) is 9.80 Å². The van der Waals surface area contributed by atoms with Gasteiger partial charge in [-0.1, -0.05) is 54.6 Å². The van der Waals surface area contributed by atoms with Gasteiger partial charge in [0, 0.05) is 56.4 Å². The number of carboxylic acid groups (broad SMARTS) is 2. The number of carboxylic acids is 2. The number of aromatic nitrogens is 1. The second-order valence-corrected chi connectivity index (χ2v) is 8.20. The number of rotatable bonds is 4. The molecular formula is C26H27N3O4. The molecule has 1 aliphatic heterocycles. The predicted octanol–water partition coefficient (Wildman–Crippen LogP) is 3.79. The lowest BCUT2D eigenvalue weighted by atomic mass is 10.1. The maximum absolute atomic E-state index is 9.10. The third-order valence-corrected chi connectivity index (χ3v) is 5.94. The highest BCUT2D eigenvalue weighted by molar-refractivity contribution is 6.27. The summed E-state index contributed by atoms with van der Waals surface area (Å²) in [6.45, 7) is 6.62. The molecule has 1 aliphatic rings. The molecule has 4 aromatic rings. The number of hydrogen-bond acceptors (Lipinski definition) is 4. The molecule has 1 saturated heterocycles. The molecule has 0 aliphatic carbocycles. The Hall–Kier alpha value is -3.68. The molecule has 7 heteroatoms. The number of nitrogens with one attached hydrogen (secondary N) is 1. The van der Waals surface area contributed by atoms with E-state index in [-0.39, 0.29) is 0 Å². The zero-order valence-electron chi connectivity index (χ0n) is 18.3. The van der Waals surface area contributed by atoms with Crippen LogP contribution < -0.4 is 0 Å². The number of fused-ring (bicyclic) bond motifs is 2. The summed E-state index contributed by atoms with van der Waals surface area (Å²) in [5, 5.41) is 18.8. The highest BCUT2D eigenvalue weighted by atomic mass is 16.4. The number of para-hydroxylation sites is 1. The normalized spacial score (nSPS) is 14.7. The first-order valence-corrected chi connectivity index (χ1v) is 10.9. The second kappa shape index (κ2) is 10.3. The smallest absolute Gasteiger partial charge is 0.414 e. The standard InChI is InChI=1S/C24H25N3.C2H2O4/c1-2-6-21-15-19(9-10-20(21)5-1)17-26-11-13-27(14-12-26)18-22-16-25-24-8-4-3-7-23(22)24;3-1(4)2(5)6/h1-10,15-16,25H,11-14,17-18H2;(H,3,4)(H,5,6). The Balaban J connectivity index is 0.000000385. The highest BCUT2D eigenvalue weighted by Crippen LogP contribution is 2.21. The molecule has 2 heterocycles. The summed E-state index contributed by atoms with van der Waals surface area (Å²) in [5.41, 5.74) is 4.06. The molecular weight excluding hydrogens is 418 g/mol. The Labute approximate surface area is 191 Å².